The Balaban J connectivity index is 1.88. The number of carbonyl (C=O) groups is 1. The van der Waals surface area contributed by atoms with Crippen molar-refractivity contribution in [1.82, 2.24) is 4.40 Å². The largest absolute Gasteiger partial charge is 0.477 e. The number of carboxylic acids is 1. The van der Waals surface area contributed by atoms with Crippen LogP contribution < -0.4 is 16.2 Å². The van der Waals surface area contributed by atoms with Crippen LogP contribution in [0.25, 0.3) is 11.6 Å². The first-order valence-electron chi connectivity index (χ1n) is 9.29. The predicted molar refractivity (Wildman–Crippen MR) is 99.9 cm³/mol. The minimum absolute atomic E-state index is 0.00976. The molecule has 7 heteroatoms. The third-order valence-electron chi connectivity index (χ3n) is 5.92. The van der Waals surface area contributed by atoms with Crippen LogP contribution >= 0.6 is 0 Å². The van der Waals surface area contributed by atoms with Crippen LogP contribution in [0.15, 0.2) is 23.1 Å². The minimum atomic E-state index is -1.28. The highest BCUT2D eigenvalue weighted by atomic mass is 19.1. The van der Waals surface area contributed by atoms with E-state index in [2.05, 4.69) is 0 Å². The van der Waals surface area contributed by atoms with E-state index in [1.54, 1.807) is 0 Å². The Labute approximate surface area is 154 Å². The van der Waals surface area contributed by atoms with E-state index in [0.717, 1.165) is 37.4 Å². The number of aromatic carboxylic acids is 1. The van der Waals surface area contributed by atoms with Gasteiger partial charge in [0.25, 0.3) is 5.56 Å². The third-order valence-corrected chi connectivity index (χ3v) is 5.92. The minimum Gasteiger partial charge on any atom is -0.477 e. The lowest BCUT2D eigenvalue weighted by Crippen LogP contribution is -2.32. The van der Waals surface area contributed by atoms with Crippen LogP contribution in [0.4, 0.5) is 10.1 Å². The van der Waals surface area contributed by atoms with Gasteiger partial charge in [-0.05, 0) is 43.2 Å². The maximum Gasteiger partial charge on any atom is 0.341 e. The Kier molecular flexibility index (Phi) is 3.46. The molecule has 3 N–H and O–H groups in total. The fourth-order valence-electron chi connectivity index (χ4n) is 4.58. The van der Waals surface area contributed by atoms with Gasteiger partial charge in [-0.2, -0.15) is 0 Å². The van der Waals surface area contributed by atoms with Crippen LogP contribution in [-0.2, 0) is 0 Å². The summed E-state index contributed by atoms with van der Waals surface area (Å²) in [4.78, 5) is 26.3. The van der Waals surface area contributed by atoms with E-state index in [1.165, 1.54) is 10.5 Å². The summed E-state index contributed by atoms with van der Waals surface area (Å²) in [6, 6.07) is 1.62. The second-order valence-electron chi connectivity index (χ2n) is 7.80. The Morgan fingerprint density at radius 1 is 1.33 bits per heavy atom. The van der Waals surface area contributed by atoms with E-state index < -0.39 is 17.3 Å². The van der Waals surface area contributed by atoms with Crippen LogP contribution in [0.3, 0.4) is 0 Å². The Morgan fingerprint density at radius 3 is 2.81 bits per heavy atom. The molecule has 27 heavy (non-hydrogen) atoms. The van der Waals surface area contributed by atoms with E-state index in [0.29, 0.717) is 23.3 Å². The number of hydrogen-bond donors (Lipinski definition) is 2. The van der Waals surface area contributed by atoms with E-state index in [1.807, 2.05) is 17.1 Å². The normalized spacial score (nSPS) is 24.0. The predicted octanol–water partition coefficient (Wildman–Crippen LogP) is 2.34. The molecular formula is C20H20FN3O3. The smallest absolute Gasteiger partial charge is 0.341 e. The molecule has 1 saturated heterocycles. The van der Waals surface area contributed by atoms with Gasteiger partial charge in [0, 0.05) is 24.2 Å². The van der Waals surface area contributed by atoms with Crippen molar-refractivity contribution in [3.63, 3.8) is 0 Å². The maximum atomic E-state index is 15.2. The molecule has 0 aromatic carbocycles. The molecule has 1 aliphatic carbocycles. The fraction of sp³-hybridized carbons (Fsp3) is 0.400. The van der Waals surface area contributed by atoms with E-state index in [-0.39, 0.29) is 23.6 Å². The molecule has 140 valence electrons. The fourth-order valence-corrected chi connectivity index (χ4v) is 4.58. The van der Waals surface area contributed by atoms with Gasteiger partial charge in [0.1, 0.15) is 5.56 Å². The molecule has 2 fully saturated rings. The lowest BCUT2D eigenvalue weighted by Gasteiger charge is -2.27. The SMILES string of the molecule is N[C@H]1C[C@H]2CC=Cc3c(c(F)cn4c(=O)c(C(=O)O)cc(C5CC5)c34)N2C1. The van der Waals surface area contributed by atoms with Crippen molar-refractivity contribution in [2.24, 2.45) is 5.73 Å². The molecule has 1 saturated carbocycles. The lowest BCUT2D eigenvalue weighted by molar-refractivity contribution is 0.0694. The first kappa shape index (κ1) is 16.5. The average molecular weight is 369 g/mol. The van der Waals surface area contributed by atoms with Crippen molar-refractivity contribution >= 4 is 23.2 Å². The molecule has 2 aromatic heterocycles. The molecule has 0 radical (unpaired) electrons. The number of anilines is 1. The number of halogens is 1. The quantitative estimate of drug-likeness (QED) is 0.848. The zero-order chi connectivity index (χ0) is 18.9. The molecule has 2 aliphatic heterocycles. The molecule has 5 rings (SSSR count). The summed E-state index contributed by atoms with van der Waals surface area (Å²) >= 11 is 0. The standard InChI is InChI=1S/C20H20FN3O3/c21-16-9-24-17(14(10-4-5-10)7-15(19(24)25)20(26)27)13-3-1-2-12-6-11(22)8-23(12)18(13)16/h1,3,7,9-12H,2,4-6,8,22H2,(H,26,27)/t11-,12+/m0/s1. The molecule has 0 amide bonds. The highest BCUT2D eigenvalue weighted by molar-refractivity contribution is 5.91. The van der Waals surface area contributed by atoms with Crippen LogP contribution in [0.1, 0.15) is 53.1 Å². The maximum absolute atomic E-state index is 15.2. The van der Waals surface area contributed by atoms with Gasteiger partial charge in [0.15, 0.2) is 5.82 Å². The van der Waals surface area contributed by atoms with Gasteiger partial charge in [0.05, 0.1) is 17.4 Å². The number of nitrogens with two attached hydrogens (primary N) is 1. The molecule has 3 aliphatic rings. The number of nitrogens with zero attached hydrogens (tertiary/aromatic N) is 2. The molecule has 2 atom stereocenters. The van der Waals surface area contributed by atoms with Crippen molar-refractivity contribution in [1.29, 1.82) is 0 Å². The van der Waals surface area contributed by atoms with Crippen LogP contribution in [0.2, 0.25) is 0 Å². The summed E-state index contributed by atoms with van der Waals surface area (Å²) in [5, 5.41) is 9.41. The van der Waals surface area contributed by atoms with Crippen LogP contribution in [0.5, 0.6) is 0 Å². The van der Waals surface area contributed by atoms with Crippen molar-refractivity contribution in [3.05, 3.63) is 51.2 Å². The van der Waals surface area contributed by atoms with E-state index in [9.17, 15) is 14.7 Å². The topological polar surface area (TPSA) is 88.0 Å². The van der Waals surface area contributed by atoms with Crippen LogP contribution in [-0.4, -0.2) is 34.1 Å². The van der Waals surface area contributed by atoms with Crippen LogP contribution in [0, 0.1) is 5.82 Å². The van der Waals surface area contributed by atoms with E-state index in [4.69, 9.17) is 5.73 Å². The summed E-state index contributed by atoms with van der Waals surface area (Å²) in [7, 11) is 0. The Morgan fingerprint density at radius 2 is 2.11 bits per heavy atom. The average Bonchev–Trinajstić information content (AvgIpc) is 3.40. The molecule has 6 nitrogen and oxygen atoms in total. The third kappa shape index (κ3) is 2.41. The first-order chi connectivity index (χ1) is 13.0. The number of aromatic nitrogens is 1. The second-order valence-corrected chi connectivity index (χ2v) is 7.80. The number of carboxylic acid groups (broad SMARTS) is 1. The van der Waals surface area contributed by atoms with Crippen molar-refractivity contribution in [2.75, 3.05) is 11.4 Å². The van der Waals surface area contributed by atoms with Gasteiger partial charge >= 0.3 is 5.97 Å². The van der Waals surface area contributed by atoms with Gasteiger partial charge in [-0.1, -0.05) is 12.2 Å². The van der Waals surface area contributed by atoms with Crippen molar-refractivity contribution in [3.8, 4) is 0 Å². The van der Waals surface area contributed by atoms with Gasteiger partial charge in [-0.15, -0.1) is 0 Å². The Hall–Kier alpha value is -2.67. The summed E-state index contributed by atoms with van der Waals surface area (Å²) in [6.07, 6.45) is 8.49. The van der Waals surface area contributed by atoms with E-state index >= 15 is 4.39 Å². The summed E-state index contributed by atoms with van der Waals surface area (Å²) < 4.78 is 16.4. The first-order valence-corrected chi connectivity index (χ1v) is 9.29. The summed E-state index contributed by atoms with van der Waals surface area (Å²) in [5.74, 6) is -1.59. The molecule has 0 bridgehead atoms. The number of pyridine rings is 2. The van der Waals surface area contributed by atoms with Crippen molar-refractivity contribution < 1.29 is 14.3 Å². The molecule has 2 aromatic rings. The molecule has 0 spiro atoms. The van der Waals surface area contributed by atoms with Gasteiger partial charge in [-0.3, -0.25) is 9.20 Å². The number of rotatable bonds is 2. The number of hydrogen-bond acceptors (Lipinski definition) is 4. The van der Waals surface area contributed by atoms with Gasteiger partial charge in [0.2, 0.25) is 0 Å². The monoisotopic (exact) mass is 369 g/mol. The molecular weight excluding hydrogens is 349 g/mol. The molecule has 0 unspecified atom stereocenters. The highest BCUT2D eigenvalue weighted by Gasteiger charge is 2.36. The molecule has 4 heterocycles. The van der Waals surface area contributed by atoms with Crippen molar-refractivity contribution in [2.45, 2.75) is 43.7 Å². The Bertz CT molecular complexity index is 1070. The number of fused-ring (bicyclic) bond motifs is 5. The lowest BCUT2D eigenvalue weighted by atomic mass is 10.0. The van der Waals surface area contributed by atoms with Gasteiger partial charge in [-0.25, -0.2) is 9.18 Å². The van der Waals surface area contributed by atoms with Gasteiger partial charge < -0.3 is 15.7 Å². The second kappa shape index (κ2) is 5.66. The summed E-state index contributed by atoms with van der Waals surface area (Å²) in [5.41, 5.74) is 7.69. The highest BCUT2D eigenvalue weighted by Crippen LogP contribution is 2.45. The zero-order valence-corrected chi connectivity index (χ0v) is 14.7. The summed E-state index contributed by atoms with van der Waals surface area (Å²) in [6.45, 7) is 0.572. The zero-order valence-electron chi connectivity index (χ0n) is 14.7.